The summed E-state index contributed by atoms with van der Waals surface area (Å²) >= 11 is 0. The molecule has 126 valence electrons. The lowest BCUT2D eigenvalue weighted by Gasteiger charge is -2.15. The predicted molar refractivity (Wildman–Crippen MR) is 90.2 cm³/mol. The van der Waals surface area contributed by atoms with E-state index in [1.807, 2.05) is 0 Å². The SMILES string of the molecule is C=CC(=O)Nc1cccc(CC(=O)NC(CO)c2cnn(C)c2)c1. The van der Waals surface area contributed by atoms with Crippen LogP contribution in [0.3, 0.4) is 0 Å². The zero-order chi connectivity index (χ0) is 17.5. The van der Waals surface area contributed by atoms with Crippen molar-refractivity contribution in [3.63, 3.8) is 0 Å². The normalized spacial score (nSPS) is 11.6. The zero-order valence-electron chi connectivity index (χ0n) is 13.4. The molecule has 0 fully saturated rings. The van der Waals surface area contributed by atoms with Gasteiger partial charge in [0.05, 0.1) is 25.3 Å². The maximum Gasteiger partial charge on any atom is 0.247 e. The second-order valence-corrected chi connectivity index (χ2v) is 5.32. The second-order valence-electron chi connectivity index (χ2n) is 5.32. The molecule has 1 unspecified atom stereocenters. The highest BCUT2D eigenvalue weighted by Crippen LogP contribution is 2.14. The van der Waals surface area contributed by atoms with Gasteiger partial charge in [0.2, 0.25) is 11.8 Å². The minimum absolute atomic E-state index is 0.133. The number of nitrogens with zero attached hydrogens (tertiary/aromatic N) is 2. The smallest absolute Gasteiger partial charge is 0.247 e. The molecule has 1 atom stereocenters. The molecule has 3 N–H and O–H groups in total. The molecular weight excluding hydrogens is 308 g/mol. The Bertz CT molecular complexity index is 739. The Balaban J connectivity index is 1.99. The van der Waals surface area contributed by atoms with Crippen molar-refractivity contribution in [2.24, 2.45) is 7.05 Å². The van der Waals surface area contributed by atoms with Gasteiger partial charge in [-0.05, 0) is 23.8 Å². The highest BCUT2D eigenvalue weighted by atomic mass is 16.3. The summed E-state index contributed by atoms with van der Waals surface area (Å²) < 4.78 is 1.61. The van der Waals surface area contributed by atoms with Gasteiger partial charge < -0.3 is 15.7 Å². The first-order valence-corrected chi connectivity index (χ1v) is 7.43. The first-order chi connectivity index (χ1) is 11.5. The minimum atomic E-state index is -0.505. The van der Waals surface area contributed by atoms with E-state index in [-0.39, 0.29) is 24.8 Å². The van der Waals surface area contributed by atoms with Gasteiger partial charge in [0, 0.05) is 24.5 Å². The van der Waals surface area contributed by atoms with Crippen LogP contribution in [0, 0.1) is 0 Å². The van der Waals surface area contributed by atoms with Crippen LogP contribution >= 0.6 is 0 Å². The van der Waals surface area contributed by atoms with Crippen molar-refractivity contribution in [3.8, 4) is 0 Å². The van der Waals surface area contributed by atoms with E-state index in [2.05, 4.69) is 22.3 Å². The van der Waals surface area contributed by atoms with Gasteiger partial charge in [0.1, 0.15) is 0 Å². The molecule has 0 aliphatic rings. The van der Waals surface area contributed by atoms with Gasteiger partial charge in [-0.1, -0.05) is 18.7 Å². The fourth-order valence-electron chi connectivity index (χ4n) is 2.24. The fourth-order valence-corrected chi connectivity index (χ4v) is 2.24. The number of hydrogen-bond acceptors (Lipinski definition) is 4. The lowest BCUT2D eigenvalue weighted by molar-refractivity contribution is -0.121. The van der Waals surface area contributed by atoms with Crippen molar-refractivity contribution in [2.45, 2.75) is 12.5 Å². The molecule has 24 heavy (non-hydrogen) atoms. The number of nitrogens with one attached hydrogen (secondary N) is 2. The summed E-state index contributed by atoms with van der Waals surface area (Å²) in [5.41, 5.74) is 2.08. The third-order valence-corrected chi connectivity index (χ3v) is 3.39. The number of carbonyl (C=O) groups is 2. The van der Waals surface area contributed by atoms with Crippen molar-refractivity contribution in [3.05, 3.63) is 60.4 Å². The fraction of sp³-hybridized carbons (Fsp3) is 0.235. The first-order valence-electron chi connectivity index (χ1n) is 7.43. The van der Waals surface area contributed by atoms with Crippen molar-refractivity contribution < 1.29 is 14.7 Å². The van der Waals surface area contributed by atoms with E-state index in [1.54, 1.807) is 48.4 Å². The molecule has 1 aromatic heterocycles. The van der Waals surface area contributed by atoms with E-state index in [0.717, 1.165) is 11.1 Å². The maximum absolute atomic E-state index is 12.2. The third-order valence-electron chi connectivity index (χ3n) is 3.39. The summed E-state index contributed by atoms with van der Waals surface area (Å²) in [6, 6.07) is 6.50. The molecule has 1 heterocycles. The molecule has 1 aromatic carbocycles. The van der Waals surface area contributed by atoms with E-state index < -0.39 is 6.04 Å². The van der Waals surface area contributed by atoms with Crippen molar-refractivity contribution in [1.29, 1.82) is 0 Å². The van der Waals surface area contributed by atoms with Crippen LogP contribution in [0.15, 0.2) is 49.3 Å². The molecule has 0 spiro atoms. The average molecular weight is 328 g/mol. The lowest BCUT2D eigenvalue weighted by atomic mass is 10.1. The van der Waals surface area contributed by atoms with Gasteiger partial charge in [0.25, 0.3) is 0 Å². The average Bonchev–Trinajstić information content (AvgIpc) is 2.99. The summed E-state index contributed by atoms with van der Waals surface area (Å²) in [6.45, 7) is 3.18. The molecule has 2 amide bonds. The van der Waals surface area contributed by atoms with Crippen LogP contribution in [0.2, 0.25) is 0 Å². The van der Waals surface area contributed by atoms with Crippen molar-refractivity contribution >= 4 is 17.5 Å². The van der Waals surface area contributed by atoms with Crippen LogP contribution in [-0.2, 0) is 23.1 Å². The van der Waals surface area contributed by atoms with Gasteiger partial charge >= 0.3 is 0 Å². The minimum Gasteiger partial charge on any atom is -0.394 e. The molecule has 0 radical (unpaired) electrons. The number of carbonyl (C=O) groups excluding carboxylic acids is 2. The number of hydrogen-bond donors (Lipinski definition) is 3. The molecule has 7 heteroatoms. The Morgan fingerprint density at radius 2 is 2.25 bits per heavy atom. The number of aliphatic hydroxyl groups is 1. The number of rotatable bonds is 7. The highest BCUT2D eigenvalue weighted by molar-refractivity contribution is 5.98. The monoisotopic (exact) mass is 328 g/mol. The van der Waals surface area contributed by atoms with Crippen LogP contribution in [0.4, 0.5) is 5.69 Å². The van der Waals surface area contributed by atoms with E-state index in [9.17, 15) is 14.7 Å². The molecule has 0 aliphatic heterocycles. The van der Waals surface area contributed by atoms with Gasteiger partial charge in [0.15, 0.2) is 0 Å². The Hall–Kier alpha value is -2.93. The largest absolute Gasteiger partial charge is 0.394 e. The van der Waals surface area contributed by atoms with Crippen LogP contribution in [0.25, 0.3) is 0 Å². The second kappa shape index (κ2) is 8.07. The van der Waals surface area contributed by atoms with Crippen LogP contribution in [-0.4, -0.2) is 33.3 Å². The van der Waals surface area contributed by atoms with Crippen molar-refractivity contribution in [2.75, 3.05) is 11.9 Å². The lowest BCUT2D eigenvalue weighted by Crippen LogP contribution is -2.31. The molecule has 0 aliphatic carbocycles. The van der Waals surface area contributed by atoms with Crippen LogP contribution in [0.1, 0.15) is 17.2 Å². The number of aryl methyl sites for hydroxylation is 1. The van der Waals surface area contributed by atoms with E-state index in [0.29, 0.717) is 5.69 Å². The van der Waals surface area contributed by atoms with Crippen LogP contribution in [0.5, 0.6) is 0 Å². The maximum atomic E-state index is 12.2. The first kappa shape index (κ1) is 17.4. The number of anilines is 1. The standard InChI is InChI=1S/C17H20N4O3/c1-3-16(23)19-14-6-4-5-12(7-14)8-17(24)20-15(11-22)13-9-18-21(2)10-13/h3-7,9-10,15,22H,1,8,11H2,2H3,(H,19,23)(H,20,24). The number of benzene rings is 1. The number of amides is 2. The summed E-state index contributed by atoms with van der Waals surface area (Å²) in [6.07, 6.45) is 4.66. The zero-order valence-corrected chi connectivity index (χ0v) is 13.4. The quantitative estimate of drug-likeness (QED) is 0.659. The van der Waals surface area contributed by atoms with Gasteiger partial charge in [-0.2, -0.15) is 5.10 Å². The van der Waals surface area contributed by atoms with Gasteiger partial charge in [-0.25, -0.2) is 0 Å². The van der Waals surface area contributed by atoms with E-state index >= 15 is 0 Å². The van der Waals surface area contributed by atoms with E-state index in [4.69, 9.17) is 0 Å². The molecule has 2 aromatic rings. The van der Waals surface area contributed by atoms with Crippen LogP contribution < -0.4 is 10.6 Å². The molecule has 7 nitrogen and oxygen atoms in total. The predicted octanol–water partition coefficient (Wildman–Crippen LogP) is 0.937. The molecule has 0 saturated heterocycles. The summed E-state index contributed by atoms with van der Waals surface area (Å²) in [4.78, 5) is 23.5. The third kappa shape index (κ3) is 4.79. The Kier molecular flexibility index (Phi) is 5.86. The van der Waals surface area contributed by atoms with Crippen molar-refractivity contribution in [1.82, 2.24) is 15.1 Å². The summed E-state index contributed by atoms with van der Waals surface area (Å²) in [5.74, 6) is -0.543. The molecule has 0 saturated carbocycles. The Morgan fingerprint density at radius 1 is 1.46 bits per heavy atom. The Labute approximate surface area is 140 Å². The van der Waals surface area contributed by atoms with Gasteiger partial charge in [-0.3, -0.25) is 14.3 Å². The van der Waals surface area contributed by atoms with Gasteiger partial charge in [-0.15, -0.1) is 0 Å². The highest BCUT2D eigenvalue weighted by Gasteiger charge is 2.15. The topological polar surface area (TPSA) is 96.2 Å². The number of aliphatic hydroxyl groups excluding tert-OH is 1. The van der Waals surface area contributed by atoms with E-state index in [1.165, 1.54) is 6.08 Å². The number of aromatic nitrogens is 2. The molecule has 0 bridgehead atoms. The molecular formula is C17H20N4O3. The molecule has 2 rings (SSSR count). The summed E-state index contributed by atoms with van der Waals surface area (Å²) in [7, 11) is 1.77. The Morgan fingerprint density at radius 3 is 2.88 bits per heavy atom. The summed E-state index contributed by atoms with van der Waals surface area (Å²) in [5, 5.41) is 18.9.